The second kappa shape index (κ2) is 40.9. The predicted molar refractivity (Wildman–Crippen MR) is 350 cm³/mol. The van der Waals surface area contributed by atoms with Crippen LogP contribution in [0.1, 0.15) is 116 Å². The Bertz CT molecular complexity index is 3120. The third-order valence-electron chi connectivity index (χ3n) is 17.5. The van der Waals surface area contributed by atoms with Crippen LogP contribution in [-0.4, -0.2) is 263 Å². The molecule has 1 aromatic carbocycles. The van der Waals surface area contributed by atoms with Crippen LogP contribution in [0.4, 0.5) is 0 Å². The summed E-state index contributed by atoms with van der Waals surface area (Å²) in [5.41, 5.74) is 11.7. The molecular weight excluding hydrogens is 1310 g/mol. The van der Waals surface area contributed by atoms with Gasteiger partial charge in [-0.05, 0) is 102 Å². The summed E-state index contributed by atoms with van der Waals surface area (Å²) in [6.45, 7) is 0.315. The first-order valence-corrected chi connectivity index (χ1v) is 33.5. The number of aliphatic carboxylic acids is 2. The van der Waals surface area contributed by atoms with Crippen molar-refractivity contribution >= 4 is 101 Å². The molecule has 5 rings (SSSR count). The van der Waals surface area contributed by atoms with Crippen molar-refractivity contribution in [2.75, 3.05) is 72.1 Å². The zero-order valence-corrected chi connectivity index (χ0v) is 56.1. The van der Waals surface area contributed by atoms with Gasteiger partial charge in [0.2, 0.25) is 88.6 Å². The van der Waals surface area contributed by atoms with E-state index >= 15 is 0 Å². The maximum Gasteiger partial charge on any atom is 0.326 e. The molecule has 4 aliphatic heterocycles. The summed E-state index contributed by atoms with van der Waals surface area (Å²) in [5.74, 6) is -15.3. The Morgan fingerprint density at radius 3 is 1.59 bits per heavy atom. The first kappa shape index (κ1) is 80.8. The van der Waals surface area contributed by atoms with E-state index < -0.39 is 225 Å². The van der Waals surface area contributed by atoms with E-state index in [1.807, 2.05) is 0 Å². The van der Waals surface area contributed by atoms with Gasteiger partial charge in [-0.15, -0.1) is 0 Å². The topological polar surface area (TPSA) is 557 Å². The number of rotatable bonds is 40. The number of hydrogen-bond acceptors (Lipinski definition) is 20. The number of aliphatic hydroxyl groups excluding tert-OH is 1. The van der Waals surface area contributed by atoms with Crippen molar-refractivity contribution in [3.8, 4) is 0 Å². The fraction of sp³-hybridized carbons (Fsp3) is 0.635. The second-order valence-electron chi connectivity index (χ2n) is 24.9. The average molecular weight is 1410 g/mol. The molecule has 15 amide bonds. The molecule has 4 aliphatic rings. The molecule has 19 N–H and O–H groups in total. The van der Waals surface area contributed by atoms with E-state index in [9.17, 15) is 91.7 Å². The second-order valence-corrected chi connectivity index (χ2v) is 24.9. The third kappa shape index (κ3) is 25.4. The maximum absolute atomic E-state index is 14.5. The lowest BCUT2D eigenvalue weighted by atomic mass is 9.97. The smallest absolute Gasteiger partial charge is 0.326 e. The van der Waals surface area contributed by atoms with Crippen molar-refractivity contribution in [3.63, 3.8) is 0 Å². The first-order valence-electron chi connectivity index (χ1n) is 33.5. The number of nitrogens with one attached hydrogen (secondary N) is 12. The number of primary amides is 1. The molecule has 4 fully saturated rings. The van der Waals surface area contributed by atoms with E-state index in [0.717, 1.165) is 11.3 Å². The predicted octanol–water partition coefficient (Wildman–Crippen LogP) is -7.56. The lowest BCUT2D eigenvalue weighted by Gasteiger charge is -2.30. The molecule has 0 saturated carbocycles. The zero-order valence-electron chi connectivity index (χ0n) is 56.1. The molecule has 0 aliphatic carbocycles. The van der Waals surface area contributed by atoms with Crippen molar-refractivity contribution in [2.24, 2.45) is 17.4 Å². The van der Waals surface area contributed by atoms with Crippen molar-refractivity contribution in [1.82, 2.24) is 78.5 Å². The largest absolute Gasteiger partial charge is 0.481 e. The Hall–Kier alpha value is -9.91. The van der Waals surface area contributed by atoms with Crippen LogP contribution in [0.2, 0.25) is 0 Å². The van der Waals surface area contributed by atoms with Gasteiger partial charge in [-0.25, -0.2) is 4.79 Å². The number of aliphatic hydroxyl groups is 1. The monoisotopic (exact) mass is 1410 g/mol. The molecule has 11 atom stereocenters. The van der Waals surface area contributed by atoms with Crippen LogP contribution in [0.5, 0.6) is 0 Å². The standard InChI is InChI=1S/C63H95N17O20/c1-3-35(2)53(77-57(93)40(28-46(65)82)73-48(84)30-67-54(90)37-16-9-23-66-37)61(97)69-31-49(85)74-41(27-36-13-5-4-6-14-36)62(98)80-26-12-17-43(80)58(94)71-33-51(87)78-24-10-18-44(78)59(95)75-38(15-7-8-22-64)55(91)70-32-50(86)79-25-11-19-45(79)60(96)76-42(34-81)56(92)68-29-47(83)72-39(63(99)100)20-21-52(88)89/h4-6,13-14,35,37-45,53,66,81H,3,7-12,15-34,64H2,1-2H3,(H2,65,82)(H,67,90)(H,68,92)(H,69,97)(H,70,91)(H,71,94)(H,72,83)(H,73,84)(H,74,85)(H,75,95)(H,76,96)(H,77,93)(H,88,89)(H,99,100)/t35-,37-,38-,39-,40-,41-,42-,43-,44-,45-,53-/m0/s1. The highest BCUT2D eigenvalue weighted by molar-refractivity contribution is 6.00. The Balaban J connectivity index is 1.14. The van der Waals surface area contributed by atoms with Crippen molar-refractivity contribution in [2.45, 2.75) is 177 Å². The number of amides is 15. The van der Waals surface area contributed by atoms with Crippen LogP contribution in [0.25, 0.3) is 0 Å². The number of carbonyl (C=O) groups is 17. The highest BCUT2D eigenvalue weighted by atomic mass is 16.4. The van der Waals surface area contributed by atoms with Gasteiger partial charge < -0.3 is 105 Å². The molecule has 0 aromatic heterocycles. The number of benzene rings is 1. The third-order valence-corrected chi connectivity index (χ3v) is 17.5. The van der Waals surface area contributed by atoms with Crippen LogP contribution in [0.15, 0.2) is 30.3 Å². The van der Waals surface area contributed by atoms with Crippen molar-refractivity contribution in [1.29, 1.82) is 0 Å². The molecule has 0 radical (unpaired) electrons. The average Bonchev–Trinajstić information content (AvgIpc) is 1.65. The minimum Gasteiger partial charge on any atom is -0.481 e. The molecule has 1 aromatic rings. The summed E-state index contributed by atoms with van der Waals surface area (Å²) in [6, 6.07) is -3.79. The van der Waals surface area contributed by atoms with Gasteiger partial charge in [-0.2, -0.15) is 0 Å². The lowest BCUT2D eigenvalue weighted by Crippen LogP contribution is -2.58. The van der Waals surface area contributed by atoms with Crippen LogP contribution in [0.3, 0.4) is 0 Å². The Labute approximate surface area is 576 Å². The van der Waals surface area contributed by atoms with Crippen molar-refractivity contribution in [3.05, 3.63) is 35.9 Å². The maximum atomic E-state index is 14.5. The molecule has 37 nitrogen and oxygen atoms in total. The highest BCUT2D eigenvalue weighted by Crippen LogP contribution is 2.23. The molecule has 4 saturated heterocycles. The number of nitrogens with two attached hydrogens (primary N) is 2. The van der Waals surface area contributed by atoms with E-state index in [1.165, 1.54) is 9.80 Å². The van der Waals surface area contributed by atoms with Gasteiger partial charge in [0.1, 0.15) is 54.4 Å². The van der Waals surface area contributed by atoms with Crippen LogP contribution < -0.4 is 75.3 Å². The fourth-order valence-electron chi connectivity index (χ4n) is 11.9. The molecule has 0 spiro atoms. The van der Waals surface area contributed by atoms with Gasteiger partial charge in [0.05, 0.1) is 51.8 Å². The van der Waals surface area contributed by atoms with Crippen LogP contribution in [0, 0.1) is 5.92 Å². The minimum atomic E-state index is -1.63. The molecule has 0 bridgehead atoms. The summed E-state index contributed by atoms with van der Waals surface area (Å²) >= 11 is 0. The molecular formula is C63H95N17O20. The van der Waals surface area contributed by atoms with Gasteiger partial charge in [0.25, 0.3) is 0 Å². The number of hydrogen-bond donors (Lipinski definition) is 17. The van der Waals surface area contributed by atoms with Gasteiger partial charge in [0.15, 0.2) is 0 Å². The first-order chi connectivity index (χ1) is 47.7. The Morgan fingerprint density at radius 2 is 1.05 bits per heavy atom. The minimum absolute atomic E-state index is 0.0522. The normalized spacial score (nSPS) is 19.1. The number of carbonyl (C=O) groups excluding carboxylic acids is 15. The fourth-order valence-corrected chi connectivity index (χ4v) is 11.9. The Kier molecular flexibility index (Phi) is 33.0. The highest BCUT2D eigenvalue weighted by Gasteiger charge is 2.42. The van der Waals surface area contributed by atoms with Crippen molar-refractivity contribution < 1.29 is 96.8 Å². The van der Waals surface area contributed by atoms with E-state index in [0.29, 0.717) is 57.1 Å². The molecule has 100 heavy (non-hydrogen) atoms. The zero-order chi connectivity index (χ0) is 73.6. The summed E-state index contributed by atoms with van der Waals surface area (Å²) in [7, 11) is 0. The molecule has 0 unspecified atom stereocenters. The number of likely N-dealkylation sites (tertiary alicyclic amines) is 3. The van der Waals surface area contributed by atoms with Gasteiger partial charge in [-0.3, -0.25) is 76.7 Å². The SMILES string of the molecule is CC[C@H](C)[C@H](NC(=O)[C@H](CC(N)=O)NC(=O)CNC(=O)[C@@H]1CCCN1)C(=O)NCC(=O)N[C@@H](Cc1ccccc1)C(=O)N1CCC[C@H]1C(=O)NCC(=O)N1CCC[C@H]1C(=O)N[C@@H](CCCCN)C(=O)NCC(=O)N1CCC[C@H]1C(=O)N[C@@H](CO)C(=O)NCC(=O)N[C@@H](CCC(=O)O)C(=O)O. The van der Waals surface area contributed by atoms with Gasteiger partial charge in [-0.1, -0.05) is 50.6 Å². The molecule has 552 valence electrons. The van der Waals surface area contributed by atoms with E-state index in [-0.39, 0.29) is 58.3 Å². The van der Waals surface area contributed by atoms with Gasteiger partial charge >= 0.3 is 11.9 Å². The quantitative estimate of drug-likeness (QED) is 0.0271. The van der Waals surface area contributed by atoms with Crippen LogP contribution in [-0.2, 0) is 87.9 Å². The number of carboxylic acid groups (broad SMARTS) is 2. The summed E-state index contributed by atoms with van der Waals surface area (Å²) in [6.07, 6.45) is 2.38. The Morgan fingerprint density at radius 1 is 0.540 bits per heavy atom. The number of nitrogens with zero attached hydrogens (tertiary/aromatic N) is 3. The van der Waals surface area contributed by atoms with E-state index in [1.54, 1.807) is 44.2 Å². The number of carboxylic acids is 2. The van der Waals surface area contributed by atoms with E-state index in [2.05, 4.69) is 63.8 Å². The lowest BCUT2D eigenvalue weighted by molar-refractivity contribution is -0.143. The number of unbranched alkanes of at least 4 members (excludes halogenated alkanes) is 1. The van der Waals surface area contributed by atoms with Crippen LogP contribution >= 0.6 is 0 Å². The summed E-state index contributed by atoms with van der Waals surface area (Å²) in [5, 5.41) is 58.0. The summed E-state index contributed by atoms with van der Waals surface area (Å²) in [4.78, 5) is 227. The molecule has 4 heterocycles. The van der Waals surface area contributed by atoms with Gasteiger partial charge in [0, 0.05) is 32.5 Å². The molecule has 37 heteroatoms. The summed E-state index contributed by atoms with van der Waals surface area (Å²) < 4.78 is 0. The van der Waals surface area contributed by atoms with E-state index in [4.69, 9.17) is 16.6 Å².